The zero-order valence-corrected chi connectivity index (χ0v) is 9.51. The number of fused-ring (bicyclic) bond motifs is 1. The van der Waals surface area contributed by atoms with E-state index in [0.717, 1.165) is 16.7 Å². The summed E-state index contributed by atoms with van der Waals surface area (Å²) in [6, 6.07) is 11.6. The Bertz CT molecular complexity index is 722. The number of rotatable bonds is 2. The van der Waals surface area contributed by atoms with Gasteiger partial charge in [0.1, 0.15) is 11.3 Å². The number of benzene rings is 1. The van der Waals surface area contributed by atoms with Crippen LogP contribution in [0.4, 0.5) is 11.6 Å². The van der Waals surface area contributed by atoms with Crippen LogP contribution in [-0.2, 0) is 0 Å². The molecule has 4 heteroatoms. The highest BCUT2D eigenvalue weighted by Crippen LogP contribution is 2.18. The van der Waals surface area contributed by atoms with Crippen molar-refractivity contribution < 1.29 is 0 Å². The minimum atomic E-state index is 0.490. The highest BCUT2D eigenvalue weighted by molar-refractivity contribution is 5.82. The summed E-state index contributed by atoms with van der Waals surface area (Å²) in [5.41, 5.74) is 2.24. The fourth-order valence-corrected chi connectivity index (χ4v) is 1.76. The van der Waals surface area contributed by atoms with Gasteiger partial charge in [-0.3, -0.25) is 0 Å². The van der Waals surface area contributed by atoms with E-state index in [4.69, 9.17) is 6.42 Å². The van der Waals surface area contributed by atoms with Gasteiger partial charge in [0.2, 0.25) is 5.95 Å². The minimum Gasteiger partial charge on any atom is -0.346 e. The smallest absolute Gasteiger partial charge is 0.230 e. The standard InChI is InChI=1S/C14H10N4/c1-2-12-11-8-9-15-13(11)18-14(17-12)16-10-6-4-3-5-7-10/h1,3-9H,(H2,15,16,17,18). The van der Waals surface area contributed by atoms with Gasteiger partial charge in [0.25, 0.3) is 0 Å². The van der Waals surface area contributed by atoms with E-state index in [9.17, 15) is 0 Å². The molecule has 0 bridgehead atoms. The Morgan fingerprint density at radius 2 is 1.94 bits per heavy atom. The second-order valence-electron chi connectivity index (χ2n) is 3.77. The van der Waals surface area contributed by atoms with E-state index in [-0.39, 0.29) is 0 Å². The number of nitrogens with one attached hydrogen (secondary N) is 2. The second-order valence-corrected chi connectivity index (χ2v) is 3.77. The highest BCUT2D eigenvalue weighted by atomic mass is 15.1. The molecule has 4 nitrogen and oxygen atoms in total. The maximum Gasteiger partial charge on any atom is 0.230 e. The Kier molecular flexibility index (Phi) is 2.43. The number of hydrogen-bond acceptors (Lipinski definition) is 3. The number of anilines is 2. The minimum absolute atomic E-state index is 0.490. The molecule has 0 aliphatic rings. The lowest BCUT2D eigenvalue weighted by molar-refractivity contribution is 1.18. The monoisotopic (exact) mass is 234 g/mol. The summed E-state index contributed by atoms with van der Waals surface area (Å²) >= 11 is 0. The Morgan fingerprint density at radius 3 is 2.72 bits per heavy atom. The topological polar surface area (TPSA) is 53.6 Å². The van der Waals surface area contributed by atoms with E-state index in [1.165, 1.54) is 0 Å². The summed E-state index contributed by atoms with van der Waals surface area (Å²) in [5, 5.41) is 3.98. The summed E-state index contributed by atoms with van der Waals surface area (Å²) in [4.78, 5) is 11.7. The lowest BCUT2D eigenvalue weighted by atomic mass is 10.3. The zero-order valence-electron chi connectivity index (χ0n) is 9.51. The number of nitrogens with zero attached hydrogens (tertiary/aromatic N) is 2. The third-order valence-electron chi connectivity index (χ3n) is 2.58. The summed E-state index contributed by atoms with van der Waals surface area (Å²) in [5.74, 6) is 3.06. The van der Waals surface area contributed by atoms with E-state index in [1.54, 1.807) is 6.20 Å². The van der Waals surface area contributed by atoms with Crippen molar-refractivity contribution in [3.8, 4) is 12.3 Å². The normalized spacial score (nSPS) is 10.2. The maximum absolute atomic E-state index is 5.46. The lowest BCUT2D eigenvalue weighted by Gasteiger charge is -2.05. The van der Waals surface area contributed by atoms with Crippen LogP contribution in [0.1, 0.15) is 5.69 Å². The van der Waals surface area contributed by atoms with Gasteiger partial charge in [0.15, 0.2) is 0 Å². The van der Waals surface area contributed by atoms with Crippen LogP contribution in [0.25, 0.3) is 11.0 Å². The summed E-state index contributed by atoms with van der Waals surface area (Å²) in [7, 11) is 0. The molecule has 0 aliphatic carbocycles. The predicted octanol–water partition coefficient (Wildman–Crippen LogP) is 2.68. The van der Waals surface area contributed by atoms with E-state index >= 15 is 0 Å². The zero-order chi connectivity index (χ0) is 12.4. The first-order valence-corrected chi connectivity index (χ1v) is 5.50. The second kappa shape index (κ2) is 4.22. The third-order valence-corrected chi connectivity index (χ3v) is 2.58. The van der Waals surface area contributed by atoms with Gasteiger partial charge in [-0.05, 0) is 24.1 Å². The van der Waals surface area contributed by atoms with Crippen molar-refractivity contribution in [2.24, 2.45) is 0 Å². The Morgan fingerprint density at radius 1 is 1.11 bits per heavy atom. The first kappa shape index (κ1) is 10.4. The lowest BCUT2D eigenvalue weighted by Crippen LogP contribution is -1.99. The van der Waals surface area contributed by atoms with Crippen LogP contribution in [0.2, 0.25) is 0 Å². The molecular weight excluding hydrogens is 224 g/mol. The van der Waals surface area contributed by atoms with Crippen LogP contribution < -0.4 is 5.32 Å². The fraction of sp³-hybridized carbons (Fsp3) is 0. The highest BCUT2D eigenvalue weighted by Gasteiger charge is 2.06. The Labute approximate surface area is 104 Å². The molecule has 0 spiro atoms. The molecule has 0 saturated heterocycles. The molecule has 2 N–H and O–H groups in total. The molecule has 0 unspecified atom stereocenters. The van der Waals surface area contributed by atoms with Crippen molar-refractivity contribution in [3.05, 3.63) is 48.3 Å². The molecule has 0 amide bonds. The van der Waals surface area contributed by atoms with Gasteiger partial charge in [-0.15, -0.1) is 6.42 Å². The van der Waals surface area contributed by atoms with E-state index in [2.05, 4.69) is 26.2 Å². The van der Waals surface area contributed by atoms with E-state index < -0.39 is 0 Å². The molecule has 0 saturated carbocycles. The largest absolute Gasteiger partial charge is 0.346 e. The molecular formula is C14H10N4. The summed E-state index contributed by atoms with van der Waals surface area (Å²) in [6.07, 6.45) is 7.25. The summed E-state index contributed by atoms with van der Waals surface area (Å²) < 4.78 is 0. The molecule has 2 heterocycles. The van der Waals surface area contributed by atoms with Crippen molar-refractivity contribution in [1.82, 2.24) is 15.0 Å². The molecule has 2 aromatic heterocycles. The number of aromatic nitrogens is 3. The molecule has 1 aromatic carbocycles. The fourth-order valence-electron chi connectivity index (χ4n) is 1.76. The van der Waals surface area contributed by atoms with E-state index in [0.29, 0.717) is 11.6 Å². The number of para-hydroxylation sites is 1. The van der Waals surface area contributed by atoms with Crippen LogP contribution in [0, 0.1) is 12.3 Å². The molecule has 0 atom stereocenters. The number of hydrogen-bond donors (Lipinski definition) is 2. The molecule has 18 heavy (non-hydrogen) atoms. The molecule has 3 aromatic rings. The number of aromatic amines is 1. The van der Waals surface area contributed by atoms with Gasteiger partial charge in [0.05, 0.1) is 5.39 Å². The number of H-pyrrole nitrogens is 1. The average molecular weight is 234 g/mol. The van der Waals surface area contributed by atoms with Crippen LogP contribution in [0.15, 0.2) is 42.6 Å². The van der Waals surface area contributed by atoms with Gasteiger partial charge in [0, 0.05) is 11.9 Å². The predicted molar refractivity (Wildman–Crippen MR) is 71.5 cm³/mol. The SMILES string of the molecule is C#Cc1nc(Nc2ccccc2)nc2[nH]ccc12. The van der Waals surface area contributed by atoms with Crippen LogP contribution in [0.3, 0.4) is 0 Å². The van der Waals surface area contributed by atoms with Crippen LogP contribution in [-0.4, -0.2) is 15.0 Å². The van der Waals surface area contributed by atoms with Crippen molar-refractivity contribution in [1.29, 1.82) is 0 Å². The first-order chi connectivity index (χ1) is 8.86. The van der Waals surface area contributed by atoms with Crippen molar-refractivity contribution in [3.63, 3.8) is 0 Å². The van der Waals surface area contributed by atoms with Crippen molar-refractivity contribution in [2.75, 3.05) is 5.32 Å². The molecule has 0 aliphatic heterocycles. The quantitative estimate of drug-likeness (QED) is 0.670. The van der Waals surface area contributed by atoms with Gasteiger partial charge in [-0.1, -0.05) is 18.2 Å². The Hall–Kier alpha value is -2.80. The molecule has 0 radical (unpaired) electrons. The van der Waals surface area contributed by atoms with Gasteiger partial charge in [-0.2, -0.15) is 4.98 Å². The van der Waals surface area contributed by atoms with Gasteiger partial charge < -0.3 is 10.3 Å². The molecule has 0 fully saturated rings. The maximum atomic E-state index is 5.46. The molecule has 86 valence electrons. The first-order valence-electron chi connectivity index (χ1n) is 5.50. The summed E-state index contributed by atoms with van der Waals surface area (Å²) in [6.45, 7) is 0. The van der Waals surface area contributed by atoms with Crippen LogP contribution in [0.5, 0.6) is 0 Å². The molecule has 3 rings (SSSR count). The Balaban J connectivity index is 2.05. The third kappa shape index (κ3) is 1.78. The van der Waals surface area contributed by atoms with Crippen molar-refractivity contribution in [2.45, 2.75) is 0 Å². The number of terminal acetylenes is 1. The average Bonchev–Trinajstić information content (AvgIpc) is 2.87. The van der Waals surface area contributed by atoms with Gasteiger partial charge in [-0.25, -0.2) is 4.98 Å². The van der Waals surface area contributed by atoms with Crippen molar-refractivity contribution >= 4 is 22.7 Å². The van der Waals surface area contributed by atoms with E-state index in [1.807, 2.05) is 36.4 Å². The van der Waals surface area contributed by atoms with Gasteiger partial charge >= 0.3 is 0 Å². The van der Waals surface area contributed by atoms with Crippen LogP contribution >= 0.6 is 0 Å².